The standard InChI is InChI=1S/C13H23N3/c1-11(2)15-6-3-4-13(10-15)16-7-5-12(8-14)9-16/h11-13H,3-7,9-10H2,1-2H3. The van der Waals surface area contributed by atoms with Crippen molar-refractivity contribution in [1.29, 1.82) is 5.26 Å². The average molecular weight is 221 g/mol. The number of hydrogen-bond donors (Lipinski definition) is 0. The molecule has 2 saturated heterocycles. The monoisotopic (exact) mass is 221 g/mol. The molecular formula is C13H23N3. The Morgan fingerprint density at radius 3 is 2.62 bits per heavy atom. The van der Waals surface area contributed by atoms with Gasteiger partial charge < -0.3 is 0 Å². The van der Waals surface area contributed by atoms with Crippen molar-refractivity contribution in [3.05, 3.63) is 0 Å². The quantitative estimate of drug-likeness (QED) is 0.711. The Hall–Kier alpha value is -0.590. The Kier molecular flexibility index (Phi) is 3.83. The summed E-state index contributed by atoms with van der Waals surface area (Å²) in [6.45, 7) is 9.16. The van der Waals surface area contributed by atoms with Crippen LogP contribution in [-0.4, -0.2) is 48.1 Å². The van der Waals surface area contributed by atoms with Gasteiger partial charge in [0.1, 0.15) is 0 Å². The maximum absolute atomic E-state index is 8.94. The Bertz CT molecular complexity index is 269. The molecule has 0 radical (unpaired) electrons. The predicted molar refractivity (Wildman–Crippen MR) is 65.0 cm³/mol. The van der Waals surface area contributed by atoms with Crippen LogP contribution in [0.1, 0.15) is 33.1 Å². The van der Waals surface area contributed by atoms with Crippen molar-refractivity contribution in [1.82, 2.24) is 9.80 Å². The fourth-order valence-electron chi connectivity index (χ4n) is 2.97. The average Bonchev–Trinajstić information content (AvgIpc) is 2.77. The molecule has 0 amide bonds. The molecule has 2 rings (SSSR count). The van der Waals surface area contributed by atoms with E-state index >= 15 is 0 Å². The first-order valence-electron chi connectivity index (χ1n) is 6.58. The summed E-state index contributed by atoms with van der Waals surface area (Å²) in [6.07, 6.45) is 3.71. The summed E-state index contributed by atoms with van der Waals surface area (Å²) >= 11 is 0. The van der Waals surface area contributed by atoms with Crippen LogP contribution >= 0.6 is 0 Å². The third-order valence-electron chi connectivity index (χ3n) is 4.08. The van der Waals surface area contributed by atoms with Crippen molar-refractivity contribution in [2.45, 2.75) is 45.2 Å². The fraction of sp³-hybridized carbons (Fsp3) is 0.923. The molecule has 0 aromatic heterocycles. The van der Waals surface area contributed by atoms with Crippen LogP contribution in [0.2, 0.25) is 0 Å². The van der Waals surface area contributed by atoms with E-state index in [1.165, 1.54) is 25.9 Å². The number of piperidine rings is 1. The number of likely N-dealkylation sites (tertiary alicyclic amines) is 2. The van der Waals surface area contributed by atoms with E-state index < -0.39 is 0 Å². The van der Waals surface area contributed by atoms with Crippen LogP contribution in [0.25, 0.3) is 0 Å². The van der Waals surface area contributed by atoms with E-state index in [9.17, 15) is 0 Å². The van der Waals surface area contributed by atoms with E-state index in [1.807, 2.05) is 0 Å². The largest absolute Gasteiger partial charge is 0.299 e. The van der Waals surface area contributed by atoms with Crippen LogP contribution < -0.4 is 0 Å². The molecule has 2 aliphatic rings. The topological polar surface area (TPSA) is 30.3 Å². The van der Waals surface area contributed by atoms with Gasteiger partial charge in [-0.25, -0.2) is 0 Å². The normalized spacial score (nSPS) is 33.1. The first-order chi connectivity index (χ1) is 7.70. The highest BCUT2D eigenvalue weighted by molar-refractivity contribution is 4.94. The van der Waals surface area contributed by atoms with Gasteiger partial charge in [-0.3, -0.25) is 9.80 Å². The molecule has 0 aromatic carbocycles. The zero-order chi connectivity index (χ0) is 11.5. The molecule has 2 fully saturated rings. The minimum absolute atomic E-state index is 0.287. The van der Waals surface area contributed by atoms with Gasteiger partial charge in [-0.05, 0) is 46.2 Å². The molecule has 0 saturated carbocycles. The van der Waals surface area contributed by atoms with E-state index in [2.05, 4.69) is 29.7 Å². The van der Waals surface area contributed by atoms with Crippen LogP contribution in [0.15, 0.2) is 0 Å². The highest BCUT2D eigenvalue weighted by Gasteiger charge is 2.31. The lowest BCUT2D eigenvalue weighted by molar-refractivity contribution is 0.0931. The third-order valence-corrected chi connectivity index (χ3v) is 4.08. The maximum Gasteiger partial charge on any atom is 0.0669 e. The molecule has 16 heavy (non-hydrogen) atoms. The van der Waals surface area contributed by atoms with Gasteiger partial charge in [-0.15, -0.1) is 0 Å². The Balaban J connectivity index is 1.88. The van der Waals surface area contributed by atoms with E-state index in [1.54, 1.807) is 0 Å². The van der Waals surface area contributed by atoms with Gasteiger partial charge >= 0.3 is 0 Å². The number of hydrogen-bond acceptors (Lipinski definition) is 3. The van der Waals surface area contributed by atoms with E-state index in [-0.39, 0.29) is 5.92 Å². The van der Waals surface area contributed by atoms with Crippen LogP contribution in [0, 0.1) is 17.2 Å². The second kappa shape index (κ2) is 5.16. The maximum atomic E-state index is 8.94. The van der Waals surface area contributed by atoms with Gasteiger partial charge in [-0.2, -0.15) is 5.26 Å². The Morgan fingerprint density at radius 2 is 2.00 bits per heavy atom. The zero-order valence-electron chi connectivity index (χ0n) is 10.5. The van der Waals surface area contributed by atoms with Gasteiger partial charge in [0.2, 0.25) is 0 Å². The summed E-state index contributed by atoms with van der Waals surface area (Å²) in [5.41, 5.74) is 0. The molecule has 0 bridgehead atoms. The molecule has 3 nitrogen and oxygen atoms in total. The van der Waals surface area contributed by atoms with Crippen molar-refractivity contribution in [2.75, 3.05) is 26.2 Å². The van der Waals surface area contributed by atoms with Crippen molar-refractivity contribution >= 4 is 0 Å². The molecule has 3 heteroatoms. The van der Waals surface area contributed by atoms with Crippen LogP contribution in [0.5, 0.6) is 0 Å². The van der Waals surface area contributed by atoms with E-state index in [0.29, 0.717) is 12.1 Å². The van der Waals surface area contributed by atoms with Crippen molar-refractivity contribution in [2.24, 2.45) is 5.92 Å². The van der Waals surface area contributed by atoms with E-state index in [0.717, 1.165) is 19.5 Å². The second-order valence-corrected chi connectivity index (χ2v) is 5.49. The minimum atomic E-state index is 0.287. The molecule has 0 spiro atoms. The van der Waals surface area contributed by atoms with Crippen molar-refractivity contribution < 1.29 is 0 Å². The SMILES string of the molecule is CC(C)N1CCCC(N2CCC(C#N)C2)C1. The minimum Gasteiger partial charge on any atom is -0.299 e. The lowest BCUT2D eigenvalue weighted by Gasteiger charge is -2.39. The lowest BCUT2D eigenvalue weighted by Crippen LogP contribution is -2.49. The van der Waals surface area contributed by atoms with Crippen molar-refractivity contribution in [3.63, 3.8) is 0 Å². The van der Waals surface area contributed by atoms with Gasteiger partial charge in [-0.1, -0.05) is 0 Å². The predicted octanol–water partition coefficient (Wildman–Crippen LogP) is 1.70. The molecule has 2 heterocycles. The molecular weight excluding hydrogens is 198 g/mol. The van der Waals surface area contributed by atoms with E-state index in [4.69, 9.17) is 5.26 Å². The number of nitrogens with zero attached hydrogens (tertiary/aromatic N) is 3. The third kappa shape index (κ3) is 2.56. The molecule has 0 aromatic rings. The van der Waals surface area contributed by atoms with Crippen LogP contribution in [0.3, 0.4) is 0 Å². The summed E-state index contributed by atoms with van der Waals surface area (Å²) in [6, 6.07) is 3.78. The fourth-order valence-corrected chi connectivity index (χ4v) is 2.97. The van der Waals surface area contributed by atoms with Gasteiger partial charge in [0.05, 0.1) is 12.0 Å². The van der Waals surface area contributed by atoms with Crippen molar-refractivity contribution in [3.8, 4) is 6.07 Å². The Labute approximate surface area is 99.0 Å². The summed E-state index contributed by atoms with van der Waals surface area (Å²) < 4.78 is 0. The smallest absolute Gasteiger partial charge is 0.0669 e. The molecule has 0 aliphatic carbocycles. The first-order valence-corrected chi connectivity index (χ1v) is 6.58. The number of rotatable bonds is 2. The molecule has 2 unspecified atom stereocenters. The van der Waals surface area contributed by atoms with Gasteiger partial charge in [0, 0.05) is 25.2 Å². The highest BCUT2D eigenvalue weighted by Crippen LogP contribution is 2.24. The highest BCUT2D eigenvalue weighted by atomic mass is 15.2. The summed E-state index contributed by atoms with van der Waals surface area (Å²) in [5.74, 6) is 0.287. The summed E-state index contributed by atoms with van der Waals surface area (Å²) in [5, 5.41) is 8.94. The van der Waals surface area contributed by atoms with Gasteiger partial charge in [0.25, 0.3) is 0 Å². The molecule has 2 aliphatic heterocycles. The first kappa shape index (κ1) is 11.9. The van der Waals surface area contributed by atoms with Gasteiger partial charge in [0.15, 0.2) is 0 Å². The zero-order valence-corrected chi connectivity index (χ0v) is 10.5. The number of nitriles is 1. The summed E-state index contributed by atoms with van der Waals surface area (Å²) in [7, 11) is 0. The second-order valence-electron chi connectivity index (χ2n) is 5.49. The van der Waals surface area contributed by atoms with Crippen LogP contribution in [0.4, 0.5) is 0 Å². The Morgan fingerprint density at radius 1 is 1.19 bits per heavy atom. The summed E-state index contributed by atoms with van der Waals surface area (Å²) in [4.78, 5) is 5.12. The lowest BCUT2D eigenvalue weighted by atomic mass is 10.0. The van der Waals surface area contributed by atoms with Crippen LogP contribution in [-0.2, 0) is 0 Å². The molecule has 90 valence electrons. The molecule has 2 atom stereocenters. The molecule has 0 N–H and O–H groups in total.